The molecule has 1 aromatic rings. The molecular formula is C12H12FN3OS. The number of urea groups is 1. The van der Waals surface area contributed by atoms with E-state index in [0.29, 0.717) is 10.7 Å². The summed E-state index contributed by atoms with van der Waals surface area (Å²) in [5, 5.41) is 5.78. The fraction of sp³-hybridized carbons (Fsp3) is 0.167. The molecule has 0 saturated carbocycles. The Hall–Kier alpha value is -1.82. The molecule has 2 rings (SSSR count). The Morgan fingerprint density at radius 3 is 3.11 bits per heavy atom. The predicted molar refractivity (Wildman–Crippen MR) is 71.9 cm³/mol. The Kier molecular flexibility index (Phi) is 4.35. The van der Waals surface area contributed by atoms with Crippen LogP contribution in [0.25, 0.3) is 6.08 Å². The van der Waals surface area contributed by atoms with E-state index in [9.17, 15) is 9.18 Å². The van der Waals surface area contributed by atoms with Crippen molar-refractivity contribution in [3.63, 3.8) is 0 Å². The molecule has 6 heteroatoms. The van der Waals surface area contributed by atoms with Gasteiger partial charge in [0.25, 0.3) is 0 Å². The second-order valence-corrected chi connectivity index (χ2v) is 4.61. The number of halogens is 1. The van der Waals surface area contributed by atoms with Crippen LogP contribution in [0.3, 0.4) is 0 Å². The number of hydrogen-bond acceptors (Lipinski definition) is 3. The van der Waals surface area contributed by atoms with Gasteiger partial charge < -0.3 is 5.32 Å². The standard InChI is InChI=1S/C12H12FN3OS/c13-10-3-1-2-9(8-10)4-5-14-11(17)16-12-15-6-7-18-12/h1-5,8H,6-7H2,(H2,14,15,16,17)/b5-4+. The van der Waals surface area contributed by atoms with Crippen molar-refractivity contribution in [2.45, 2.75) is 0 Å². The van der Waals surface area contributed by atoms with Crippen LogP contribution in [-0.4, -0.2) is 23.5 Å². The molecule has 1 aliphatic rings. The number of amidine groups is 1. The van der Waals surface area contributed by atoms with Gasteiger partial charge in [0, 0.05) is 12.0 Å². The topological polar surface area (TPSA) is 53.5 Å². The summed E-state index contributed by atoms with van der Waals surface area (Å²) < 4.78 is 12.9. The molecule has 94 valence electrons. The van der Waals surface area contributed by atoms with Gasteiger partial charge in [-0.1, -0.05) is 23.9 Å². The van der Waals surface area contributed by atoms with E-state index in [2.05, 4.69) is 15.6 Å². The highest BCUT2D eigenvalue weighted by molar-refractivity contribution is 8.14. The average molecular weight is 265 g/mol. The molecule has 0 fully saturated rings. The smallest absolute Gasteiger partial charge is 0.314 e. The number of thioether (sulfide) groups is 1. The third kappa shape index (κ3) is 3.89. The highest BCUT2D eigenvalue weighted by Gasteiger charge is 2.08. The maximum atomic E-state index is 12.9. The van der Waals surface area contributed by atoms with Crippen molar-refractivity contribution >= 4 is 29.0 Å². The van der Waals surface area contributed by atoms with Gasteiger partial charge in [0.1, 0.15) is 5.82 Å². The van der Waals surface area contributed by atoms with Crippen LogP contribution >= 0.6 is 11.8 Å². The van der Waals surface area contributed by atoms with Gasteiger partial charge in [-0.2, -0.15) is 0 Å². The van der Waals surface area contributed by atoms with Crippen LogP contribution in [0.2, 0.25) is 0 Å². The summed E-state index contributed by atoms with van der Waals surface area (Å²) in [6.07, 6.45) is 3.08. The second kappa shape index (κ2) is 6.20. The van der Waals surface area contributed by atoms with Crippen molar-refractivity contribution in [2.24, 2.45) is 4.99 Å². The van der Waals surface area contributed by atoms with Gasteiger partial charge in [-0.15, -0.1) is 0 Å². The minimum absolute atomic E-state index is 0.307. The summed E-state index contributed by atoms with van der Waals surface area (Å²) in [4.78, 5) is 15.5. The third-order valence-corrected chi connectivity index (χ3v) is 3.04. The molecule has 0 saturated heterocycles. The van der Waals surface area contributed by atoms with Crippen molar-refractivity contribution < 1.29 is 9.18 Å². The summed E-state index contributed by atoms with van der Waals surface area (Å²) in [5.74, 6) is 0.590. The number of hydrogen-bond donors (Lipinski definition) is 2. The molecule has 1 heterocycles. The van der Waals surface area contributed by atoms with Crippen LogP contribution in [0.4, 0.5) is 9.18 Å². The lowest BCUT2D eigenvalue weighted by atomic mass is 10.2. The van der Waals surface area contributed by atoms with Gasteiger partial charge in [0.05, 0.1) is 6.54 Å². The van der Waals surface area contributed by atoms with E-state index in [0.717, 1.165) is 12.3 Å². The maximum absolute atomic E-state index is 12.9. The Morgan fingerprint density at radius 2 is 2.39 bits per heavy atom. The minimum atomic E-state index is -0.351. The number of carbonyl (C=O) groups is 1. The third-order valence-electron chi connectivity index (χ3n) is 2.14. The van der Waals surface area contributed by atoms with Crippen LogP contribution in [0.15, 0.2) is 35.5 Å². The van der Waals surface area contributed by atoms with E-state index in [-0.39, 0.29) is 11.8 Å². The first kappa shape index (κ1) is 12.6. The van der Waals surface area contributed by atoms with E-state index in [4.69, 9.17) is 0 Å². The molecule has 0 aliphatic carbocycles. The first-order valence-electron chi connectivity index (χ1n) is 5.41. The van der Waals surface area contributed by atoms with Crippen LogP contribution in [0.1, 0.15) is 5.56 Å². The molecule has 0 atom stereocenters. The van der Waals surface area contributed by atoms with Crippen molar-refractivity contribution in [2.75, 3.05) is 12.3 Å². The van der Waals surface area contributed by atoms with E-state index < -0.39 is 0 Å². The van der Waals surface area contributed by atoms with Crippen LogP contribution in [0, 0.1) is 5.82 Å². The van der Waals surface area contributed by atoms with Crippen molar-refractivity contribution in [3.8, 4) is 0 Å². The Balaban J connectivity index is 1.81. The van der Waals surface area contributed by atoms with Gasteiger partial charge in [-0.05, 0) is 23.8 Å². The van der Waals surface area contributed by atoms with Gasteiger partial charge in [-0.3, -0.25) is 10.3 Å². The first-order valence-corrected chi connectivity index (χ1v) is 6.39. The quantitative estimate of drug-likeness (QED) is 0.861. The van der Waals surface area contributed by atoms with Crippen LogP contribution in [-0.2, 0) is 0 Å². The molecule has 4 nitrogen and oxygen atoms in total. The second-order valence-electron chi connectivity index (χ2n) is 3.52. The van der Waals surface area contributed by atoms with Gasteiger partial charge in [-0.25, -0.2) is 9.18 Å². The van der Waals surface area contributed by atoms with E-state index in [1.54, 1.807) is 18.2 Å². The average Bonchev–Trinajstić information content (AvgIpc) is 2.82. The van der Waals surface area contributed by atoms with E-state index in [1.807, 2.05) is 0 Å². The zero-order chi connectivity index (χ0) is 12.8. The molecule has 1 aliphatic heterocycles. The Bertz CT molecular complexity index is 502. The molecule has 0 spiro atoms. The lowest BCUT2D eigenvalue weighted by molar-refractivity contribution is 0.248. The molecule has 0 aromatic heterocycles. The Morgan fingerprint density at radius 1 is 1.50 bits per heavy atom. The molecular weight excluding hydrogens is 253 g/mol. The number of nitrogens with zero attached hydrogens (tertiary/aromatic N) is 1. The summed E-state index contributed by atoms with van der Waals surface area (Å²) in [6.45, 7) is 0.736. The number of rotatable bonds is 2. The summed E-state index contributed by atoms with van der Waals surface area (Å²) in [6, 6.07) is 5.76. The number of nitrogens with one attached hydrogen (secondary N) is 2. The van der Waals surface area contributed by atoms with Gasteiger partial charge in [0.15, 0.2) is 5.17 Å². The highest BCUT2D eigenvalue weighted by Crippen LogP contribution is 2.08. The molecule has 2 amide bonds. The predicted octanol–water partition coefficient (Wildman–Crippen LogP) is 2.20. The molecule has 0 radical (unpaired) electrons. The van der Waals surface area contributed by atoms with Crippen LogP contribution in [0.5, 0.6) is 0 Å². The molecule has 2 N–H and O–H groups in total. The van der Waals surface area contributed by atoms with Crippen molar-refractivity contribution in [3.05, 3.63) is 41.8 Å². The summed E-state index contributed by atoms with van der Waals surface area (Å²) in [5.41, 5.74) is 0.683. The number of carbonyl (C=O) groups excluding carboxylic acids is 1. The zero-order valence-corrected chi connectivity index (χ0v) is 10.3. The van der Waals surface area contributed by atoms with Gasteiger partial charge >= 0.3 is 6.03 Å². The normalized spacial score (nSPS) is 14.6. The van der Waals surface area contributed by atoms with E-state index >= 15 is 0 Å². The van der Waals surface area contributed by atoms with E-state index in [1.165, 1.54) is 30.1 Å². The summed E-state index contributed by atoms with van der Waals surface area (Å²) in [7, 11) is 0. The molecule has 1 aromatic carbocycles. The number of aliphatic imine (C=N–C) groups is 1. The Labute approximate surface area is 108 Å². The molecule has 18 heavy (non-hydrogen) atoms. The van der Waals surface area contributed by atoms with Crippen molar-refractivity contribution in [1.82, 2.24) is 10.6 Å². The number of benzene rings is 1. The lowest BCUT2D eigenvalue weighted by Crippen LogP contribution is -2.34. The first-order chi connectivity index (χ1) is 8.74. The minimum Gasteiger partial charge on any atom is -0.314 e. The zero-order valence-electron chi connectivity index (χ0n) is 9.52. The van der Waals surface area contributed by atoms with Crippen LogP contribution < -0.4 is 10.6 Å². The fourth-order valence-electron chi connectivity index (χ4n) is 1.37. The summed E-state index contributed by atoms with van der Waals surface area (Å²) >= 11 is 1.51. The fourth-order valence-corrected chi connectivity index (χ4v) is 2.09. The molecule has 0 bridgehead atoms. The molecule has 0 unspecified atom stereocenters. The van der Waals surface area contributed by atoms with Crippen molar-refractivity contribution in [1.29, 1.82) is 0 Å². The maximum Gasteiger partial charge on any atom is 0.324 e. The number of amides is 2. The monoisotopic (exact) mass is 265 g/mol. The highest BCUT2D eigenvalue weighted by atomic mass is 32.2. The largest absolute Gasteiger partial charge is 0.324 e. The van der Waals surface area contributed by atoms with Gasteiger partial charge in [0.2, 0.25) is 0 Å². The lowest BCUT2D eigenvalue weighted by Gasteiger charge is -2.02. The SMILES string of the molecule is O=C(N/C=C/c1cccc(F)c1)NC1=NCCS1.